The van der Waals surface area contributed by atoms with Gasteiger partial charge >= 0.3 is 8.56 Å². The molecule has 0 heterocycles. The van der Waals surface area contributed by atoms with Crippen molar-refractivity contribution < 1.29 is 8.85 Å². The monoisotopic (exact) mass is 218 g/mol. The molecule has 0 fully saturated rings. The highest BCUT2D eigenvalue weighted by molar-refractivity contribution is 6.67. The molecule has 0 bridgehead atoms. The summed E-state index contributed by atoms with van der Waals surface area (Å²) in [4.78, 5) is 0. The van der Waals surface area contributed by atoms with Crippen LogP contribution in [0.1, 0.15) is 47.5 Å². The van der Waals surface area contributed by atoms with Crippen LogP contribution in [0, 0.1) is 0 Å². The Balaban J connectivity index is 4.37. The molecule has 0 radical (unpaired) electrons. The largest absolute Gasteiger partial charge is 0.394 e. The molecule has 0 unspecified atom stereocenters. The molecule has 0 aliphatic carbocycles. The fraction of sp³-hybridized carbons (Fsp3) is 1.00. The Bertz CT molecular complexity index is 120. The van der Waals surface area contributed by atoms with Crippen LogP contribution in [-0.4, -0.2) is 21.3 Å². The normalized spacial score (nSPS) is 12.4. The van der Waals surface area contributed by atoms with Crippen LogP contribution in [0.3, 0.4) is 0 Å². The maximum atomic E-state index is 6.08. The van der Waals surface area contributed by atoms with Crippen LogP contribution in [-0.2, 0) is 8.85 Å². The first-order chi connectivity index (χ1) is 6.60. The number of hydrogen-bond acceptors (Lipinski definition) is 2. The first kappa shape index (κ1) is 14.1. The SMILES string of the molecule is CCC[Si](CCC)(OCC)OC(C)C. The highest BCUT2D eigenvalue weighted by Crippen LogP contribution is 2.24. The lowest BCUT2D eigenvalue weighted by molar-refractivity contribution is 0.135. The van der Waals surface area contributed by atoms with Crippen LogP contribution >= 0.6 is 0 Å². The van der Waals surface area contributed by atoms with Crippen LogP contribution in [0.25, 0.3) is 0 Å². The summed E-state index contributed by atoms with van der Waals surface area (Å²) < 4.78 is 12.0. The van der Waals surface area contributed by atoms with E-state index in [1.165, 1.54) is 12.8 Å². The van der Waals surface area contributed by atoms with Crippen LogP contribution < -0.4 is 0 Å². The van der Waals surface area contributed by atoms with Crippen molar-refractivity contribution in [3.8, 4) is 0 Å². The van der Waals surface area contributed by atoms with Gasteiger partial charge in [0.25, 0.3) is 0 Å². The predicted octanol–water partition coefficient (Wildman–Crippen LogP) is 3.71. The summed E-state index contributed by atoms with van der Waals surface area (Å²) in [6, 6.07) is 2.26. The third-order valence-electron chi connectivity index (χ3n) is 2.12. The van der Waals surface area contributed by atoms with Gasteiger partial charge in [0.15, 0.2) is 0 Å². The van der Waals surface area contributed by atoms with Gasteiger partial charge in [-0.05, 0) is 32.9 Å². The molecule has 0 rings (SSSR count). The summed E-state index contributed by atoms with van der Waals surface area (Å²) in [5.41, 5.74) is 0. The Morgan fingerprint density at radius 3 is 1.79 bits per heavy atom. The summed E-state index contributed by atoms with van der Waals surface area (Å²) >= 11 is 0. The summed E-state index contributed by atoms with van der Waals surface area (Å²) in [7, 11) is -1.86. The minimum Gasteiger partial charge on any atom is -0.394 e. The van der Waals surface area contributed by atoms with E-state index in [9.17, 15) is 0 Å². The first-order valence-corrected chi connectivity index (χ1v) is 8.15. The van der Waals surface area contributed by atoms with E-state index in [1.807, 2.05) is 0 Å². The Hall–Kier alpha value is 0.137. The fourth-order valence-corrected chi connectivity index (χ4v) is 5.63. The highest BCUT2D eigenvalue weighted by Gasteiger charge is 2.36. The molecule has 3 heteroatoms. The zero-order valence-corrected chi connectivity index (χ0v) is 11.4. The Morgan fingerprint density at radius 1 is 1.00 bits per heavy atom. The number of hydrogen-bond donors (Lipinski definition) is 0. The lowest BCUT2D eigenvalue weighted by atomic mass is 10.5. The van der Waals surface area contributed by atoms with Crippen molar-refractivity contribution in [2.24, 2.45) is 0 Å². The van der Waals surface area contributed by atoms with Gasteiger partial charge in [0, 0.05) is 12.7 Å². The average molecular weight is 218 g/mol. The van der Waals surface area contributed by atoms with Gasteiger partial charge in [-0.15, -0.1) is 0 Å². The van der Waals surface area contributed by atoms with Crippen molar-refractivity contribution in [1.82, 2.24) is 0 Å². The maximum Gasteiger partial charge on any atom is 0.338 e. The van der Waals surface area contributed by atoms with Gasteiger partial charge in [-0.25, -0.2) is 0 Å². The van der Waals surface area contributed by atoms with E-state index in [2.05, 4.69) is 34.6 Å². The zero-order valence-electron chi connectivity index (χ0n) is 10.4. The Labute approximate surface area is 90.2 Å². The van der Waals surface area contributed by atoms with Crippen LogP contribution in [0.2, 0.25) is 12.1 Å². The van der Waals surface area contributed by atoms with Crippen LogP contribution in [0.5, 0.6) is 0 Å². The van der Waals surface area contributed by atoms with Crippen molar-refractivity contribution in [2.75, 3.05) is 6.61 Å². The van der Waals surface area contributed by atoms with Crippen LogP contribution in [0.4, 0.5) is 0 Å². The van der Waals surface area contributed by atoms with Gasteiger partial charge < -0.3 is 8.85 Å². The second-order valence-corrected chi connectivity index (χ2v) is 7.36. The van der Waals surface area contributed by atoms with E-state index < -0.39 is 8.56 Å². The van der Waals surface area contributed by atoms with Crippen LogP contribution in [0.15, 0.2) is 0 Å². The molecule has 0 aliphatic rings. The summed E-state index contributed by atoms with van der Waals surface area (Å²) in [5, 5.41) is 0. The van der Waals surface area contributed by atoms with E-state index >= 15 is 0 Å². The van der Waals surface area contributed by atoms with Gasteiger partial charge in [0.1, 0.15) is 0 Å². The lowest BCUT2D eigenvalue weighted by Crippen LogP contribution is -2.43. The molecule has 0 amide bonds. The van der Waals surface area contributed by atoms with E-state index in [1.54, 1.807) is 0 Å². The predicted molar refractivity (Wildman–Crippen MR) is 63.8 cm³/mol. The summed E-state index contributed by atoms with van der Waals surface area (Å²) in [6.07, 6.45) is 2.63. The van der Waals surface area contributed by atoms with Crippen molar-refractivity contribution in [1.29, 1.82) is 0 Å². The Kier molecular flexibility index (Phi) is 7.50. The van der Waals surface area contributed by atoms with Crippen molar-refractivity contribution in [3.63, 3.8) is 0 Å². The molecule has 0 aromatic carbocycles. The van der Waals surface area contributed by atoms with Crippen molar-refractivity contribution in [3.05, 3.63) is 0 Å². The molecule has 2 nitrogen and oxygen atoms in total. The third kappa shape index (κ3) is 5.13. The quantitative estimate of drug-likeness (QED) is 0.578. The molecule has 0 aromatic rings. The van der Waals surface area contributed by atoms with E-state index in [0.29, 0.717) is 6.10 Å². The minimum atomic E-state index is -1.86. The second kappa shape index (κ2) is 7.43. The molecule has 0 spiro atoms. The van der Waals surface area contributed by atoms with Gasteiger partial charge in [0.2, 0.25) is 0 Å². The topological polar surface area (TPSA) is 18.5 Å². The standard InChI is InChI=1S/C11H26O2Si/c1-6-9-14(10-7-2,12-8-3)13-11(4)5/h11H,6-10H2,1-5H3. The van der Waals surface area contributed by atoms with Gasteiger partial charge in [-0.2, -0.15) is 0 Å². The highest BCUT2D eigenvalue weighted by atomic mass is 28.4. The third-order valence-corrected chi connectivity index (χ3v) is 6.36. The Morgan fingerprint density at radius 2 is 1.50 bits per heavy atom. The molecule has 0 aliphatic heterocycles. The molecule has 0 N–H and O–H groups in total. The molecule has 86 valence electrons. The number of rotatable bonds is 8. The molecule has 0 saturated carbocycles. The van der Waals surface area contributed by atoms with E-state index in [-0.39, 0.29) is 0 Å². The van der Waals surface area contributed by atoms with Crippen molar-refractivity contribution in [2.45, 2.75) is 65.7 Å². The summed E-state index contributed by atoms with van der Waals surface area (Å²) in [5.74, 6) is 0. The van der Waals surface area contributed by atoms with E-state index in [0.717, 1.165) is 18.7 Å². The molecule has 14 heavy (non-hydrogen) atoms. The average Bonchev–Trinajstić information content (AvgIpc) is 2.03. The fourth-order valence-electron chi connectivity index (χ4n) is 1.88. The second-order valence-electron chi connectivity index (χ2n) is 4.01. The minimum absolute atomic E-state index is 0.298. The summed E-state index contributed by atoms with van der Waals surface area (Å²) in [6.45, 7) is 11.5. The molecule has 0 saturated heterocycles. The smallest absolute Gasteiger partial charge is 0.338 e. The first-order valence-electron chi connectivity index (χ1n) is 5.92. The zero-order chi connectivity index (χ0) is 11.0. The van der Waals surface area contributed by atoms with Gasteiger partial charge in [-0.3, -0.25) is 0 Å². The molecule has 0 aromatic heterocycles. The molecular weight excluding hydrogens is 192 g/mol. The van der Waals surface area contributed by atoms with Gasteiger partial charge in [-0.1, -0.05) is 26.7 Å². The van der Waals surface area contributed by atoms with E-state index in [4.69, 9.17) is 8.85 Å². The van der Waals surface area contributed by atoms with Crippen molar-refractivity contribution >= 4 is 8.56 Å². The van der Waals surface area contributed by atoms with Gasteiger partial charge in [0.05, 0.1) is 0 Å². The lowest BCUT2D eigenvalue weighted by Gasteiger charge is -2.31. The molecular formula is C11H26O2Si. The maximum absolute atomic E-state index is 6.08. The molecule has 0 atom stereocenters.